The quantitative estimate of drug-likeness (QED) is 0.0270. The maximum absolute atomic E-state index is 6.81. The summed E-state index contributed by atoms with van der Waals surface area (Å²) in [5, 5.41) is 0. The van der Waals surface area contributed by atoms with Crippen molar-refractivity contribution in [2.75, 3.05) is 107 Å². The second-order valence-corrected chi connectivity index (χ2v) is 14.6. The van der Waals surface area contributed by atoms with Gasteiger partial charge in [-0.05, 0) is 68.7 Å². The molecule has 1 atom stereocenters. The van der Waals surface area contributed by atoms with Crippen molar-refractivity contribution in [2.45, 2.75) is 51.8 Å². The molecule has 0 fully saturated rings. The maximum atomic E-state index is 6.81. The average molecular weight is 801 g/mol. The summed E-state index contributed by atoms with van der Waals surface area (Å²) in [5.74, 6) is 1.55. The van der Waals surface area contributed by atoms with E-state index < -0.39 is 14.1 Å². The Kier molecular flexibility index (Phi) is 24.0. The zero-order chi connectivity index (χ0) is 40.3. The standard InChI is InChI=1S/C43H65N2O10P/c1-36(2)45(37(3)4)56(54-23-11-22-44-5)55-35-33-52-31-29-50-27-25-48-24-26-49-28-30-51-32-34-53-43(38-12-9-8-10-13-38,39-14-18-41(46-6)19-15-39)40-16-20-42(47-7)21-17-40/h8-10,12-22,36-37H,11,23-35H2,1-7H3. The molecule has 0 saturated carbocycles. The second kappa shape index (κ2) is 28.4. The predicted octanol–water partition coefficient (Wildman–Crippen LogP) is 7.56. The highest BCUT2D eigenvalue weighted by molar-refractivity contribution is 7.44. The fourth-order valence-corrected chi connectivity index (χ4v) is 7.53. The molecule has 3 rings (SSSR count). The smallest absolute Gasteiger partial charge is 0.259 e. The molecular formula is C43H65N2O10P. The minimum atomic E-state index is -1.18. The van der Waals surface area contributed by atoms with Crippen LogP contribution < -0.4 is 9.47 Å². The largest absolute Gasteiger partial charge is 0.497 e. The van der Waals surface area contributed by atoms with Crippen LogP contribution in [0.3, 0.4) is 0 Å². The predicted molar refractivity (Wildman–Crippen MR) is 222 cm³/mol. The maximum Gasteiger partial charge on any atom is 0.259 e. The topological polar surface area (TPSA) is 108 Å². The molecule has 0 bridgehead atoms. The van der Waals surface area contributed by atoms with E-state index in [1.54, 1.807) is 21.3 Å². The Hall–Kier alpha value is -3.00. The highest BCUT2D eigenvalue weighted by Gasteiger charge is 2.38. The van der Waals surface area contributed by atoms with Crippen molar-refractivity contribution in [3.8, 4) is 11.5 Å². The van der Waals surface area contributed by atoms with E-state index in [-0.39, 0.29) is 0 Å². The van der Waals surface area contributed by atoms with Crippen molar-refractivity contribution in [1.29, 1.82) is 0 Å². The Morgan fingerprint density at radius 3 is 1.34 bits per heavy atom. The summed E-state index contributed by atoms with van der Waals surface area (Å²) in [6, 6.07) is 26.8. The highest BCUT2D eigenvalue weighted by Crippen LogP contribution is 2.46. The van der Waals surface area contributed by atoms with Gasteiger partial charge < -0.3 is 51.9 Å². The number of rotatable bonds is 32. The number of aliphatic imine (C=N–C) groups is 1. The molecule has 13 heteroatoms. The zero-order valence-electron chi connectivity index (χ0n) is 34.6. The molecule has 0 radical (unpaired) electrons. The monoisotopic (exact) mass is 800 g/mol. The molecule has 0 aliphatic rings. The van der Waals surface area contributed by atoms with E-state index in [0.29, 0.717) is 98.0 Å². The number of benzene rings is 3. The summed E-state index contributed by atoms with van der Waals surface area (Å²) in [7, 11) is 3.91. The third kappa shape index (κ3) is 16.5. The fraction of sp³-hybridized carbons (Fsp3) is 0.558. The van der Waals surface area contributed by atoms with Crippen LogP contribution in [0.1, 0.15) is 50.8 Å². The third-order valence-electron chi connectivity index (χ3n) is 8.52. The van der Waals surface area contributed by atoms with Crippen LogP contribution in [0.5, 0.6) is 11.5 Å². The van der Waals surface area contributed by atoms with Gasteiger partial charge in [0.15, 0.2) is 0 Å². The van der Waals surface area contributed by atoms with Gasteiger partial charge in [0.1, 0.15) is 17.1 Å². The molecule has 0 N–H and O–H groups in total. The zero-order valence-corrected chi connectivity index (χ0v) is 35.5. The number of nitrogens with zero attached hydrogens (tertiary/aromatic N) is 2. The van der Waals surface area contributed by atoms with E-state index in [1.165, 1.54) is 0 Å². The van der Waals surface area contributed by atoms with Crippen LogP contribution in [-0.4, -0.2) is 130 Å². The van der Waals surface area contributed by atoms with E-state index in [2.05, 4.69) is 49.5 Å². The van der Waals surface area contributed by atoms with Gasteiger partial charge in [0.25, 0.3) is 8.53 Å². The second-order valence-electron chi connectivity index (χ2n) is 13.1. The van der Waals surface area contributed by atoms with Gasteiger partial charge in [0, 0.05) is 31.8 Å². The van der Waals surface area contributed by atoms with Gasteiger partial charge in [-0.3, -0.25) is 0 Å². The van der Waals surface area contributed by atoms with Gasteiger partial charge in [-0.15, -0.1) is 0 Å². The van der Waals surface area contributed by atoms with Crippen molar-refractivity contribution < 1.29 is 46.9 Å². The van der Waals surface area contributed by atoms with Gasteiger partial charge in [0.05, 0.1) is 100 Å². The lowest BCUT2D eigenvalue weighted by Gasteiger charge is -2.36. The van der Waals surface area contributed by atoms with Crippen molar-refractivity contribution in [3.05, 3.63) is 95.6 Å². The first kappa shape index (κ1) is 47.4. The molecule has 56 heavy (non-hydrogen) atoms. The Balaban J connectivity index is 1.28. The molecule has 0 heterocycles. The van der Waals surface area contributed by atoms with Crippen molar-refractivity contribution in [2.24, 2.45) is 4.99 Å². The fourth-order valence-electron chi connectivity index (χ4n) is 5.94. The number of methoxy groups -OCH3 is 2. The van der Waals surface area contributed by atoms with E-state index in [9.17, 15) is 0 Å². The minimum Gasteiger partial charge on any atom is -0.497 e. The molecule has 312 valence electrons. The summed E-state index contributed by atoms with van der Waals surface area (Å²) in [6.07, 6.45) is 2.61. The molecule has 0 aromatic heterocycles. The van der Waals surface area contributed by atoms with Crippen LogP contribution in [0.25, 0.3) is 0 Å². The first-order chi connectivity index (χ1) is 27.4. The Bertz CT molecular complexity index is 1380. The first-order valence-corrected chi connectivity index (χ1v) is 20.6. The minimum absolute atomic E-state index is 0.306. The van der Waals surface area contributed by atoms with E-state index in [4.69, 9.17) is 46.9 Å². The van der Waals surface area contributed by atoms with Crippen LogP contribution in [-0.2, 0) is 43.1 Å². The lowest BCUT2D eigenvalue weighted by atomic mass is 9.80. The van der Waals surface area contributed by atoms with Crippen LogP contribution in [0.2, 0.25) is 0 Å². The van der Waals surface area contributed by atoms with Gasteiger partial charge in [-0.1, -0.05) is 54.6 Å². The van der Waals surface area contributed by atoms with Crippen molar-refractivity contribution in [1.82, 2.24) is 4.67 Å². The Labute approximate surface area is 336 Å². The summed E-state index contributed by atoms with van der Waals surface area (Å²) in [5.41, 5.74) is 2.07. The van der Waals surface area contributed by atoms with E-state index in [1.807, 2.05) is 72.9 Å². The van der Waals surface area contributed by atoms with Gasteiger partial charge >= 0.3 is 0 Å². The summed E-state index contributed by atoms with van der Waals surface area (Å²) >= 11 is 0. The molecule has 0 aliphatic heterocycles. The van der Waals surface area contributed by atoms with Crippen LogP contribution in [0.4, 0.5) is 0 Å². The Morgan fingerprint density at radius 1 is 0.536 bits per heavy atom. The summed E-state index contributed by atoms with van der Waals surface area (Å²) in [4.78, 5) is 4.02. The first-order valence-electron chi connectivity index (χ1n) is 19.5. The average Bonchev–Trinajstić information content (AvgIpc) is 3.22. The van der Waals surface area contributed by atoms with Crippen LogP contribution in [0.15, 0.2) is 83.9 Å². The summed E-state index contributed by atoms with van der Waals surface area (Å²) in [6.45, 7) is 14.6. The van der Waals surface area contributed by atoms with Crippen molar-refractivity contribution >= 4 is 14.7 Å². The van der Waals surface area contributed by atoms with Gasteiger partial charge in [-0.25, -0.2) is 4.67 Å². The highest BCUT2D eigenvalue weighted by atomic mass is 31.2. The molecule has 1 unspecified atom stereocenters. The number of hydrogen-bond donors (Lipinski definition) is 0. The number of hydrogen-bond acceptors (Lipinski definition) is 12. The van der Waals surface area contributed by atoms with E-state index in [0.717, 1.165) is 34.6 Å². The molecule has 0 saturated heterocycles. The molecule has 3 aromatic carbocycles. The van der Waals surface area contributed by atoms with Crippen molar-refractivity contribution in [3.63, 3.8) is 0 Å². The van der Waals surface area contributed by atoms with Gasteiger partial charge in [-0.2, -0.15) is 0 Å². The number of ether oxygens (including phenoxy) is 8. The van der Waals surface area contributed by atoms with Crippen LogP contribution >= 0.6 is 8.53 Å². The summed E-state index contributed by atoms with van der Waals surface area (Å²) < 4.78 is 60.7. The molecule has 3 aromatic rings. The molecule has 0 aliphatic carbocycles. The normalized spacial score (nSPS) is 12.7. The molecule has 12 nitrogen and oxygen atoms in total. The molecule has 0 spiro atoms. The lowest BCUT2D eigenvalue weighted by Crippen LogP contribution is -2.34. The molecular weight excluding hydrogens is 735 g/mol. The lowest BCUT2D eigenvalue weighted by molar-refractivity contribution is -0.0392. The van der Waals surface area contributed by atoms with Crippen LogP contribution in [0, 0.1) is 0 Å². The molecule has 0 amide bonds. The van der Waals surface area contributed by atoms with E-state index >= 15 is 0 Å². The Morgan fingerprint density at radius 2 is 0.929 bits per heavy atom. The third-order valence-corrected chi connectivity index (χ3v) is 10.6. The van der Waals surface area contributed by atoms with Gasteiger partial charge in [0.2, 0.25) is 0 Å². The SMILES string of the molecule is CN=CCCOP(OCCOCCOCCOCCOCCOCCOC(c1ccccc1)(c1ccc(OC)cc1)c1ccc(OC)cc1)N(C(C)C)C(C)C.